The number of ether oxygens (including phenoxy) is 2. The van der Waals surface area contributed by atoms with E-state index < -0.39 is 0 Å². The molecule has 0 heterocycles. The molecule has 0 radical (unpaired) electrons. The van der Waals surface area contributed by atoms with Crippen molar-refractivity contribution in [3.8, 4) is 23.0 Å². The van der Waals surface area contributed by atoms with E-state index >= 15 is 0 Å². The molecular weight excluding hydrogens is 592 g/mol. The van der Waals surface area contributed by atoms with Gasteiger partial charge >= 0.3 is 0 Å². The Hall–Kier alpha value is -3.14. The molecule has 1 unspecified atom stereocenters. The Morgan fingerprint density at radius 1 is 0.562 bits per heavy atom. The zero-order chi connectivity index (χ0) is 36.1. The molecule has 0 bridgehead atoms. The minimum absolute atomic E-state index is 0.0163. The molecular formula is C44H70O4. The van der Waals surface area contributed by atoms with Gasteiger partial charge in [0.2, 0.25) is 11.5 Å². The molecule has 0 amide bonds. The predicted molar refractivity (Wildman–Crippen MR) is 209 cm³/mol. The van der Waals surface area contributed by atoms with Gasteiger partial charge in [-0.15, -0.1) is 0 Å². The Morgan fingerprint density at radius 3 is 1.44 bits per heavy atom. The molecule has 0 saturated carbocycles. The number of hydrogen-bond acceptors (Lipinski definition) is 4. The van der Waals surface area contributed by atoms with E-state index in [1.54, 1.807) is 6.92 Å². The van der Waals surface area contributed by atoms with Gasteiger partial charge in [-0.1, -0.05) is 83.2 Å². The Labute approximate surface area is 295 Å². The van der Waals surface area contributed by atoms with Crippen LogP contribution in [0.5, 0.6) is 23.0 Å². The maximum Gasteiger partial charge on any atom is 0.207 e. The number of rotatable bonds is 23. The van der Waals surface area contributed by atoms with Crippen LogP contribution in [0.1, 0.15) is 150 Å². The van der Waals surface area contributed by atoms with Gasteiger partial charge in [0.1, 0.15) is 0 Å². The fraction of sp³-hybridized carbons (Fsp3) is 0.591. The third-order valence-electron chi connectivity index (χ3n) is 9.40. The van der Waals surface area contributed by atoms with E-state index in [1.807, 2.05) is 0 Å². The van der Waals surface area contributed by atoms with Gasteiger partial charge < -0.3 is 19.7 Å². The molecule has 1 rings (SSSR count). The third kappa shape index (κ3) is 17.3. The molecule has 0 aromatic heterocycles. The lowest BCUT2D eigenvalue weighted by Gasteiger charge is -2.17. The molecule has 0 saturated heterocycles. The first kappa shape index (κ1) is 42.9. The van der Waals surface area contributed by atoms with E-state index in [9.17, 15) is 10.2 Å². The minimum atomic E-state index is 0.0163. The fourth-order valence-corrected chi connectivity index (χ4v) is 5.97. The van der Waals surface area contributed by atoms with Crippen LogP contribution in [0.2, 0.25) is 0 Å². The summed E-state index contributed by atoms with van der Waals surface area (Å²) in [6, 6.07) is 0. The van der Waals surface area contributed by atoms with Crippen molar-refractivity contribution in [1.82, 2.24) is 0 Å². The second kappa shape index (κ2) is 24.1. The molecule has 0 aliphatic heterocycles. The van der Waals surface area contributed by atoms with Crippen molar-refractivity contribution in [3.05, 3.63) is 81.0 Å². The summed E-state index contributed by atoms with van der Waals surface area (Å²) in [4.78, 5) is 0. The molecule has 270 valence electrons. The minimum Gasteiger partial charge on any atom is -0.504 e. The predicted octanol–water partition coefficient (Wildman–Crippen LogP) is 13.4. The number of phenolic OH excluding ortho intramolecular Hbond substituents is 2. The van der Waals surface area contributed by atoms with Crippen molar-refractivity contribution < 1.29 is 19.7 Å². The zero-order valence-corrected chi connectivity index (χ0v) is 32.7. The highest BCUT2D eigenvalue weighted by Crippen LogP contribution is 2.48. The molecule has 4 nitrogen and oxygen atoms in total. The molecule has 2 N–H and O–H groups in total. The maximum absolute atomic E-state index is 10.7. The number of phenols is 2. The molecule has 4 heteroatoms. The van der Waals surface area contributed by atoms with Gasteiger partial charge in [-0.3, -0.25) is 0 Å². The van der Waals surface area contributed by atoms with E-state index in [1.165, 1.54) is 73.3 Å². The van der Waals surface area contributed by atoms with Crippen LogP contribution in [0.15, 0.2) is 69.9 Å². The van der Waals surface area contributed by atoms with Gasteiger partial charge in [0, 0.05) is 11.1 Å². The number of allylic oxidation sites excluding steroid dienone is 12. The van der Waals surface area contributed by atoms with E-state index in [4.69, 9.17) is 9.47 Å². The topological polar surface area (TPSA) is 58.9 Å². The number of methoxy groups -OCH3 is 2. The highest BCUT2D eigenvalue weighted by Gasteiger charge is 2.22. The van der Waals surface area contributed by atoms with Crippen LogP contribution in [-0.4, -0.2) is 24.4 Å². The van der Waals surface area contributed by atoms with Crippen LogP contribution < -0.4 is 9.47 Å². The Kier molecular flexibility index (Phi) is 21.5. The molecule has 0 fully saturated rings. The summed E-state index contributed by atoms with van der Waals surface area (Å²) >= 11 is 0. The third-order valence-corrected chi connectivity index (χ3v) is 9.40. The molecule has 1 aromatic carbocycles. The quantitative estimate of drug-likeness (QED) is 0.0904. The normalized spacial score (nSPS) is 13.9. The van der Waals surface area contributed by atoms with E-state index in [-0.39, 0.29) is 23.0 Å². The van der Waals surface area contributed by atoms with E-state index in [0.29, 0.717) is 23.5 Å². The van der Waals surface area contributed by atoms with Gasteiger partial charge in [-0.25, -0.2) is 0 Å². The Bertz CT molecular complexity index is 1300. The number of hydrogen-bond donors (Lipinski definition) is 2. The standard InChI is InChI=1S/C44H70O4/c1-32(2)18-12-19-33(3)20-13-21-34(4)22-14-23-35(5)24-15-25-36(6)26-16-27-37(7)28-17-29-38(8)30-31-40-39(9)41(45)43(47-10)44(48-11)42(40)46/h18,20,22,24,26,30,37,45-46H,12-17,19,21,23,25,27-29,31H2,1-11H3/b33-20+,34-22+,35-24+,36-26+,38-30+. The monoisotopic (exact) mass is 663 g/mol. The molecule has 0 aliphatic rings. The summed E-state index contributed by atoms with van der Waals surface area (Å²) in [7, 11) is 2.92. The summed E-state index contributed by atoms with van der Waals surface area (Å²) in [6.07, 6.45) is 29.8. The van der Waals surface area contributed by atoms with Gasteiger partial charge in [-0.05, 0) is 145 Å². The van der Waals surface area contributed by atoms with Crippen LogP contribution in [-0.2, 0) is 6.42 Å². The van der Waals surface area contributed by atoms with Crippen LogP contribution in [0.4, 0.5) is 0 Å². The summed E-state index contributed by atoms with van der Waals surface area (Å²) in [5.74, 6) is 1.09. The summed E-state index contributed by atoms with van der Waals surface area (Å²) in [5, 5.41) is 21.2. The highest BCUT2D eigenvalue weighted by atomic mass is 16.5. The molecule has 0 aliphatic carbocycles. The van der Waals surface area contributed by atoms with Crippen LogP contribution in [0, 0.1) is 12.8 Å². The molecule has 48 heavy (non-hydrogen) atoms. The Balaban J connectivity index is 2.34. The van der Waals surface area contributed by atoms with E-state index in [2.05, 4.69) is 91.8 Å². The SMILES string of the molecule is COc1c(O)c(C)c(C/C=C(\C)CCCC(C)CC/C=C(\C)CC/C=C(\C)CC/C=C(\C)CC/C=C(\C)CCC=C(C)C)c(O)c1OC. The van der Waals surface area contributed by atoms with Crippen LogP contribution in [0.3, 0.4) is 0 Å². The smallest absolute Gasteiger partial charge is 0.207 e. The van der Waals surface area contributed by atoms with E-state index in [0.717, 1.165) is 57.8 Å². The summed E-state index contributed by atoms with van der Waals surface area (Å²) in [5.41, 5.74) is 10.0. The lowest BCUT2D eigenvalue weighted by atomic mass is 9.95. The van der Waals surface area contributed by atoms with Gasteiger partial charge in [0.15, 0.2) is 11.5 Å². The van der Waals surface area contributed by atoms with Gasteiger partial charge in [-0.2, -0.15) is 0 Å². The molecule has 0 spiro atoms. The van der Waals surface area contributed by atoms with Crippen molar-refractivity contribution >= 4 is 0 Å². The van der Waals surface area contributed by atoms with Crippen LogP contribution >= 0.6 is 0 Å². The molecule has 1 aromatic rings. The van der Waals surface area contributed by atoms with Crippen molar-refractivity contribution in [2.45, 2.75) is 152 Å². The highest BCUT2D eigenvalue weighted by molar-refractivity contribution is 5.66. The largest absolute Gasteiger partial charge is 0.504 e. The van der Waals surface area contributed by atoms with Crippen molar-refractivity contribution in [2.24, 2.45) is 5.92 Å². The lowest BCUT2D eigenvalue weighted by molar-refractivity contribution is 0.314. The van der Waals surface area contributed by atoms with Crippen molar-refractivity contribution in [2.75, 3.05) is 14.2 Å². The maximum atomic E-state index is 10.7. The first-order chi connectivity index (χ1) is 22.8. The Morgan fingerprint density at radius 2 is 0.979 bits per heavy atom. The van der Waals surface area contributed by atoms with Crippen molar-refractivity contribution in [3.63, 3.8) is 0 Å². The first-order valence-electron chi connectivity index (χ1n) is 18.4. The summed E-state index contributed by atoms with van der Waals surface area (Å²) < 4.78 is 10.5. The summed E-state index contributed by atoms with van der Waals surface area (Å²) in [6.45, 7) is 19.8. The second-order valence-corrected chi connectivity index (χ2v) is 14.3. The average molecular weight is 663 g/mol. The zero-order valence-electron chi connectivity index (χ0n) is 32.7. The van der Waals surface area contributed by atoms with Gasteiger partial charge in [0.05, 0.1) is 14.2 Å². The van der Waals surface area contributed by atoms with Crippen LogP contribution in [0.25, 0.3) is 0 Å². The van der Waals surface area contributed by atoms with Gasteiger partial charge in [0.25, 0.3) is 0 Å². The second-order valence-electron chi connectivity index (χ2n) is 14.3. The fourth-order valence-electron chi connectivity index (χ4n) is 5.97. The number of benzene rings is 1. The first-order valence-corrected chi connectivity index (χ1v) is 18.4. The average Bonchev–Trinajstić information content (AvgIpc) is 3.02. The number of aromatic hydroxyl groups is 2. The van der Waals surface area contributed by atoms with Crippen molar-refractivity contribution in [1.29, 1.82) is 0 Å². The molecule has 1 atom stereocenters. The lowest BCUT2D eigenvalue weighted by Crippen LogP contribution is -1.98.